The van der Waals surface area contributed by atoms with Crippen LogP contribution in [0.4, 0.5) is 0 Å². The van der Waals surface area contributed by atoms with Crippen molar-refractivity contribution in [3.05, 3.63) is 39.3 Å². The summed E-state index contributed by atoms with van der Waals surface area (Å²) < 4.78 is 5.43. The number of halogens is 1. The van der Waals surface area contributed by atoms with E-state index in [1.54, 1.807) is 4.68 Å². The molecule has 0 aliphatic carbocycles. The Morgan fingerprint density at radius 3 is 2.93 bits per heavy atom. The highest BCUT2D eigenvalue weighted by Gasteiger charge is 2.16. The summed E-state index contributed by atoms with van der Waals surface area (Å²) in [4.78, 5) is 19.2. The molecule has 0 aromatic carbocycles. The maximum atomic E-state index is 12.4. The van der Waals surface area contributed by atoms with Crippen molar-refractivity contribution in [2.75, 3.05) is 20.1 Å². The van der Waals surface area contributed by atoms with E-state index < -0.39 is 0 Å². The summed E-state index contributed by atoms with van der Waals surface area (Å²) in [6, 6.07) is 1.97. The van der Waals surface area contributed by atoms with Crippen LogP contribution in [0.2, 0.25) is 5.02 Å². The number of hydrogen-bond acceptors (Lipinski definition) is 3. The van der Waals surface area contributed by atoms with Crippen LogP contribution in [0.1, 0.15) is 37.7 Å². The third kappa shape index (κ3) is 4.79. The fourth-order valence-corrected chi connectivity index (χ4v) is 3.78. The fourth-order valence-electron chi connectivity index (χ4n) is 3.51. The van der Waals surface area contributed by atoms with Gasteiger partial charge >= 0.3 is 5.69 Å². The molecule has 1 N–H and O–H groups in total. The molecule has 0 fully saturated rings. The van der Waals surface area contributed by atoms with Gasteiger partial charge in [0, 0.05) is 58.6 Å². The first kappa shape index (κ1) is 20.5. The third-order valence-electron chi connectivity index (χ3n) is 4.99. The average Bonchev–Trinajstić information content (AvgIpc) is 3.16. The first-order valence-corrected chi connectivity index (χ1v) is 10.3. The molecule has 0 unspecified atom stereocenters. The minimum Gasteiger partial charge on any atom is -0.357 e. The normalized spacial score (nSPS) is 14.2. The van der Waals surface area contributed by atoms with E-state index in [0.717, 1.165) is 61.3 Å². The predicted molar refractivity (Wildman–Crippen MR) is 112 cm³/mol. The fraction of sp³-hybridized carbons (Fsp3) is 0.632. The van der Waals surface area contributed by atoms with E-state index in [1.807, 2.05) is 35.5 Å². The minimum absolute atomic E-state index is 0.0169. The van der Waals surface area contributed by atoms with Crippen LogP contribution in [0, 0.1) is 0 Å². The second kappa shape index (κ2) is 9.32. The monoisotopic (exact) mass is 407 g/mol. The molecule has 0 bridgehead atoms. The van der Waals surface area contributed by atoms with E-state index >= 15 is 0 Å². The average molecular weight is 408 g/mol. The number of guanidine groups is 1. The van der Waals surface area contributed by atoms with E-state index in [1.165, 1.54) is 0 Å². The van der Waals surface area contributed by atoms with Crippen LogP contribution in [0.5, 0.6) is 0 Å². The largest absolute Gasteiger partial charge is 0.357 e. The molecular formula is C19H30ClN7O. The summed E-state index contributed by atoms with van der Waals surface area (Å²) in [7, 11) is 4.00. The SMILES string of the molecule is CCNC(=NCCCn1nc2n(c1=O)CCCC2)N(C)Cc1cc(Cl)cn1C. The number of rotatable bonds is 7. The van der Waals surface area contributed by atoms with Gasteiger partial charge in [-0.3, -0.25) is 9.56 Å². The number of aryl methyl sites for hydroxylation is 3. The summed E-state index contributed by atoms with van der Waals surface area (Å²) >= 11 is 6.08. The van der Waals surface area contributed by atoms with Crippen LogP contribution in [0.25, 0.3) is 0 Å². The van der Waals surface area contributed by atoms with Crippen molar-refractivity contribution in [1.82, 2.24) is 29.1 Å². The molecule has 8 nitrogen and oxygen atoms in total. The Hall–Kier alpha value is -2.22. The molecule has 0 amide bonds. The summed E-state index contributed by atoms with van der Waals surface area (Å²) in [6.07, 6.45) is 5.75. The van der Waals surface area contributed by atoms with Gasteiger partial charge in [-0.25, -0.2) is 9.48 Å². The standard InChI is InChI=1S/C19H30ClN7O/c1-4-21-18(25(3)14-16-12-15(20)13-24(16)2)22-9-7-11-27-19(28)26-10-6-5-8-17(26)23-27/h12-13H,4-11,14H2,1-3H3,(H,21,22). The van der Waals surface area contributed by atoms with Gasteiger partial charge in [0.25, 0.3) is 0 Å². The van der Waals surface area contributed by atoms with Gasteiger partial charge in [0.1, 0.15) is 5.82 Å². The molecule has 2 aromatic heterocycles. The van der Waals surface area contributed by atoms with Crippen molar-refractivity contribution in [2.45, 2.75) is 52.2 Å². The van der Waals surface area contributed by atoms with Crippen LogP contribution in [-0.2, 0) is 33.1 Å². The highest BCUT2D eigenvalue weighted by molar-refractivity contribution is 6.30. The Morgan fingerprint density at radius 2 is 2.25 bits per heavy atom. The number of fused-ring (bicyclic) bond motifs is 1. The van der Waals surface area contributed by atoms with Gasteiger partial charge in [0.15, 0.2) is 5.96 Å². The van der Waals surface area contributed by atoms with Gasteiger partial charge in [-0.15, -0.1) is 0 Å². The number of aliphatic imine (C=N–C) groups is 1. The Morgan fingerprint density at radius 1 is 1.43 bits per heavy atom. The van der Waals surface area contributed by atoms with E-state index in [4.69, 9.17) is 16.6 Å². The van der Waals surface area contributed by atoms with Crippen LogP contribution < -0.4 is 11.0 Å². The third-order valence-corrected chi connectivity index (χ3v) is 5.20. The predicted octanol–water partition coefficient (Wildman–Crippen LogP) is 1.86. The lowest BCUT2D eigenvalue weighted by atomic mass is 10.2. The molecule has 0 atom stereocenters. The molecule has 2 aromatic rings. The maximum Gasteiger partial charge on any atom is 0.345 e. The van der Waals surface area contributed by atoms with Crippen molar-refractivity contribution in [3.63, 3.8) is 0 Å². The van der Waals surface area contributed by atoms with Crippen LogP contribution in [0.3, 0.4) is 0 Å². The molecule has 1 aliphatic rings. The molecule has 28 heavy (non-hydrogen) atoms. The first-order chi connectivity index (χ1) is 13.5. The molecule has 154 valence electrons. The van der Waals surface area contributed by atoms with Gasteiger partial charge in [-0.05, 0) is 32.3 Å². The van der Waals surface area contributed by atoms with Crippen molar-refractivity contribution in [1.29, 1.82) is 0 Å². The quantitative estimate of drug-likeness (QED) is 0.432. The van der Waals surface area contributed by atoms with Crippen molar-refractivity contribution < 1.29 is 0 Å². The topological polar surface area (TPSA) is 72.4 Å². The lowest BCUT2D eigenvalue weighted by Gasteiger charge is -2.22. The second-order valence-electron chi connectivity index (χ2n) is 7.24. The number of nitrogens with zero attached hydrogens (tertiary/aromatic N) is 6. The van der Waals surface area contributed by atoms with Crippen molar-refractivity contribution in [2.24, 2.45) is 12.0 Å². The molecule has 3 rings (SSSR count). The van der Waals surface area contributed by atoms with E-state index in [9.17, 15) is 4.79 Å². The van der Waals surface area contributed by atoms with E-state index in [0.29, 0.717) is 19.6 Å². The van der Waals surface area contributed by atoms with Crippen LogP contribution >= 0.6 is 11.6 Å². The van der Waals surface area contributed by atoms with Gasteiger partial charge in [-0.1, -0.05) is 11.6 Å². The van der Waals surface area contributed by atoms with Crippen molar-refractivity contribution >= 4 is 17.6 Å². The first-order valence-electron chi connectivity index (χ1n) is 9.96. The molecule has 0 spiro atoms. The molecule has 1 aliphatic heterocycles. The molecule has 9 heteroatoms. The number of aromatic nitrogens is 4. The molecule has 0 saturated heterocycles. The Labute approximate surface area is 170 Å². The van der Waals surface area contributed by atoms with Gasteiger partial charge in [0.2, 0.25) is 0 Å². The molecule has 0 saturated carbocycles. The van der Waals surface area contributed by atoms with Crippen LogP contribution in [-0.4, -0.2) is 49.9 Å². The Balaban J connectivity index is 1.58. The summed E-state index contributed by atoms with van der Waals surface area (Å²) in [5.74, 6) is 1.77. The van der Waals surface area contributed by atoms with Gasteiger partial charge in [-0.2, -0.15) is 5.10 Å². The Bertz CT molecular complexity index is 879. The summed E-state index contributed by atoms with van der Waals surface area (Å²) in [5.41, 5.74) is 1.14. The van der Waals surface area contributed by atoms with Gasteiger partial charge < -0.3 is 14.8 Å². The number of nitrogens with one attached hydrogen (secondary N) is 1. The molecule has 3 heterocycles. The summed E-state index contributed by atoms with van der Waals surface area (Å²) in [6.45, 7) is 5.59. The molecule has 0 radical (unpaired) electrons. The van der Waals surface area contributed by atoms with E-state index in [2.05, 4.69) is 22.2 Å². The number of hydrogen-bond donors (Lipinski definition) is 1. The zero-order valence-electron chi connectivity index (χ0n) is 17.0. The Kier molecular flexibility index (Phi) is 6.83. The lowest BCUT2D eigenvalue weighted by Crippen LogP contribution is -2.39. The maximum absolute atomic E-state index is 12.4. The molecular weight excluding hydrogens is 378 g/mol. The second-order valence-corrected chi connectivity index (χ2v) is 7.67. The van der Waals surface area contributed by atoms with Crippen molar-refractivity contribution in [3.8, 4) is 0 Å². The van der Waals surface area contributed by atoms with Crippen LogP contribution in [0.15, 0.2) is 22.1 Å². The minimum atomic E-state index is 0.0169. The summed E-state index contributed by atoms with van der Waals surface area (Å²) in [5, 5.41) is 8.54. The van der Waals surface area contributed by atoms with Gasteiger partial charge in [0.05, 0.1) is 11.6 Å². The lowest BCUT2D eigenvalue weighted by molar-refractivity contribution is 0.460. The zero-order chi connectivity index (χ0) is 20.1. The van der Waals surface area contributed by atoms with E-state index in [-0.39, 0.29) is 5.69 Å². The highest BCUT2D eigenvalue weighted by Crippen LogP contribution is 2.14. The smallest absolute Gasteiger partial charge is 0.345 e. The highest BCUT2D eigenvalue weighted by atomic mass is 35.5. The zero-order valence-corrected chi connectivity index (χ0v) is 17.7.